The van der Waals surface area contributed by atoms with Crippen molar-refractivity contribution in [3.05, 3.63) is 54.0 Å². The molecular weight excluding hydrogens is 253 g/mol. The normalized spacial score (nSPS) is 10.3. The van der Waals surface area contributed by atoms with Gasteiger partial charge in [0, 0.05) is 31.0 Å². The summed E-state index contributed by atoms with van der Waals surface area (Å²) in [5.74, 6) is 0.695. The SMILES string of the molecule is CCCNc1cc(NCCc2cccc(F)c2)ccn1. The van der Waals surface area contributed by atoms with E-state index in [9.17, 15) is 4.39 Å². The van der Waals surface area contributed by atoms with Crippen molar-refractivity contribution in [1.29, 1.82) is 0 Å². The molecule has 0 aliphatic rings. The van der Waals surface area contributed by atoms with Crippen molar-refractivity contribution in [2.75, 3.05) is 23.7 Å². The van der Waals surface area contributed by atoms with Crippen LogP contribution >= 0.6 is 0 Å². The second-order valence-electron chi connectivity index (χ2n) is 4.66. The molecule has 0 bridgehead atoms. The summed E-state index contributed by atoms with van der Waals surface area (Å²) in [6, 6.07) is 10.6. The molecule has 0 spiro atoms. The molecule has 0 saturated carbocycles. The summed E-state index contributed by atoms with van der Waals surface area (Å²) in [5, 5.41) is 6.58. The number of nitrogens with one attached hydrogen (secondary N) is 2. The van der Waals surface area contributed by atoms with Gasteiger partial charge in [-0.05, 0) is 36.6 Å². The van der Waals surface area contributed by atoms with E-state index >= 15 is 0 Å². The molecule has 0 radical (unpaired) electrons. The first kappa shape index (κ1) is 14.3. The van der Waals surface area contributed by atoms with Crippen molar-refractivity contribution < 1.29 is 4.39 Å². The second-order valence-corrected chi connectivity index (χ2v) is 4.66. The molecule has 0 unspecified atom stereocenters. The van der Waals surface area contributed by atoms with E-state index in [1.165, 1.54) is 6.07 Å². The summed E-state index contributed by atoms with van der Waals surface area (Å²) in [6.07, 6.45) is 3.64. The van der Waals surface area contributed by atoms with E-state index in [2.05, 4.69) is 22.5 Å². The molecule has 1 aromatic heterocycles. The first-order valence-corrected chi connectivity index (χ1v) is 6.96. The summed E-state index contributed by atoms with van der Waals surface area (Å²) in [7, 11) is 0. The van der Waals surface area contributed by atoms with E-state index in [1.54, 1.807) is 18.3 Å². The molecule has 0 aliphatic carbocycles. The second kappa shape index (κ2) is 7.48. The fraction of sp³-hybridized carbons (Fsp3) is 0.312. The van der Waals surface area contributed by atoms with Crippen LogP contribution in [0.1, 0.15) is 18.9 Å². The highest BCUT2D eigenvalue weighted by atomic mass is 19.1. The Labute approximate surface area is 119 Å². The summed E-state index contributed by atoms with van der Waals surface area (Å²) >= 11 is 0. The Hall–Kier alpha value is -2.10. The molecule has 1 aromatic carbocycles. The van der Waals surface area contributed by atoms with Gasteiger partial charge in [0.15, 0.2) is 0 Å². The quantitative estimate of drug-likeness (QED) is 0.807. The summed E-state index contributed by atoms with van der Waals surface area (Å²) < 4.78 is 13.1. The molecule has 0 aliphatic heterocycles. The molecule has 3 nitrogen and oxygen atoms in total. The van der Waals surface area contributed by atoms with Gasteiger partial charge in [0.1, 0.15) is 11.6 Å². The van der Waals surface area contributed by atoms with Crippen LogP contribution in [0.3, 0.4) is 0 Å². The van der Waals surface area contributed by atoms with Gasteiger partial charge in [-0.15, -0.1) is 0 Å². The van der Waals surface area contributed by atoms with Gasteiger partial charge in [-0.1, -0.05) is 19.1 Å². The van der Waals surface area contributed by atoms with Crippen LogP contribution in [0.2, 0.25) is 0 Å². The average molecular weight is 273 g/mol. The van der Waals surface area contributed by atoms with Gasteiger partial charge >= 0.3 is 0 Å². The standard InChI is InChI=1S/C16H20FN3/c1-2-8-19-16-12-15(7-10-20-16)18-9-6-13-4-3-5-14(17)11-13/h3-5,7,10-12H,2,6,8-9H2,1H3,(H2,18,19,20). The third kappa shape index (κ3) is 4.53. The number of aromatic nitrogens is 1. The van der Waals surface area contributed by atoms with Crippen molar-refractivity contribution in [3.63, 3.8) is 0 Å². The van der Waals surface area contributed by atoms with Crippen LogP contribution in [0.25, 0.3) is 0 Å². The summed E-state index contributed by atoms with van der Waals surface area (Å²) in [5.41, 5.74) is 2.02. The number of pyridine rings is 1. The predicted molar refractivity (Wildman–Crippen MR) is 81.6 cm³/mol. The third-order valence-electron chi connectivity index (χ3n) is 2.95. The monoisotopic (exact) mass is 273 g/mol. The molecule has 1 heterocycles. The fourth-order valence-electron chi connectivity index (χ4n) is 1.93. The van der Waals surface area contributed by atoms with E-state index < -0.39 is 0 Å². The zero-order valence-electron chi connectivity index (χ0n) is 11.7. The lowest BCUT2D eigenvalue weighted by Gasteiger charge is -2.09. The van der Waals surface area contributed by atoms with Gasteiger partial charge in [-0.2, -0.15) is 0 Å². The molecule has 0 atom stereocenters. The Bertz CT molecular complexity index is 543. The van der Waals surface area contributed by atoms with Crippen LogP contribution in [0.5, 0.6) is 0 Å². The van der Waals surface area contributed by atoms with Crippen LogP contribution in [0.15, 0.2) is 42.6 Å². The zero-order valence-corrected chi connectivity index (χ0v) is 11.7. The molecule has 2 aromatic rings. The Morgan fingerprint density at radius 1 is 1.10 bits per heavy atom. The Balaban J connectivity index is 1.84. The number of rotatable bonds is 7. The molecular formula is C16H20FN3. The first-order chi connectivity index (χ1) is 9.78. The third-order valence-corrected chi connectivity index (χ3v) is 2.95. The van der Waals surface area contributed by atoms with Gasteiger partial charge in [0.25, 0.3) is 0 Å². The highest BCUT2D eigenvalue weighted by Gasteiger charge is 1.98. The van der Waals surface area contributed by atoms with Crippen LogP contribution in [0, 0.1) is 5.82 Å². The first-order valence-electron chi connectivity index (χ1n) is 6.96. The molecule has 2 N–H and O–H groups in total. The van der Waals surface area contributed by atoms with Crippen molar-refractivity contribution in [3.8, 4) is 0 Å². The minimum Gasteiger partial charge on any atom is -0.385 e. The van der Waals surface area contributed by atoms with Crippen molar-refractivity contribution in [2.45, 2.75) is 19.8 Å². The molecule has 0 saturated heterocycles. The Morgan fingerprint density at radius 2 is 2.00 bits per heavy atom. The lowest BCUT2D eigenvalue weighted by Crippen LogP contribution is -2.07. The van der Waals surface area contributed by atoms with Gasteiger partial charge in [0.05, 0.1) is 0 Å². The molecule has 0 amide bonds. The van der Waals surface area contributed by atoms with Crippen molar-refractivity contribution in [1.82, 2.24) is 4.98 Å². The van der Waals surface area contributed by atoms with E-state index in [0.717, 1.165) is 43.0 Å². The fourth-order valence-corrected chi connectivity index (χ4v) is 1.93. The van der Waals surface area contributed by atoms with E-state index in [0.29, 0.717) is 0 Å². The van der Waals surface area contributed by atoms with Crippen molar-refractivity contribution in [2.24, 2.45) is 0 Å². The highest BCUT2D eigenvalue weighted by Crippen LogP contribution is 2.12. The summed E-state index contributed by atoms with van der Waals surface area (Å²) in [6.45, 7) is 3.80. The van der Waals surface area contributed by atoms with Gasteiger partial charge in [-0.3, -0.25) is 0 Å². The number of hydrogen-bond donors (Lipinski definition) is 2. The number of halogens is 1. The number of hydrogen-bond acceptors (Lipinski definition) is 3. The van der Waals surface area contributed by atoms with Gasteiger partial charge in [-0.25, -0.2) is 9.37 Å². The molecule has 20 heavy (non-hydrogen) atoms. The maximum Gasteiger partial charge on any atom is 0.127 e. The lowest BCUT2D eigenvalue weighted by molar-refractivity contribution is 0.625. The maximum atomic E-state index is 13.1. The van der Waals surface area contributed by atoms with Crippen LogP contribution in [-0.2, 0) is 6.42 Å². The molecule has 106 valence electrons. The molecule has 0 fully saturated rings. The number of anilines is 2. The Kier molecular flexibility index (Phi) is 5.35. The van der Waals surface area contributed by atoms with Crippen LogP contribution in [-0.4, -0.2) is 18.1 Å². The maximum absolute atomic E-state index is 13.1. The predicted octanol–water partition coefficient (Wildman–Crippen LogP) is 3.70. The minimum atomic E-state index is -0.183. The smallest absolute Gasteiger partial charge is 0.127 e. The van der Waals surface area contributed by atoms with Gasteiger partial charge in [0.2, 0.25) is 0 Å². The van der Waals surface area contributed by atoms with E-state index in [1.807, 2.05) is 18.2 Å². The van der Waals surface area contributed by atoms with Crippen molar-refractivity contribution >= 4 is 11.5 Å². The minimum absolute atomic E-state index is 0.183. The van der Waals surface area contributed by atoms with Crippen LogP contribution < -0.4 is 10.6 Å². The largest absolute Gasteiger partial charge is 0.385 e. The van der Waals surface area contributed by atoms with Crippen LogP contribution in [0.4, 0.5) is 15.9 Å². The highest BCUT2D eigenvalue weighted by molar-refractivity contribution is 5.51. The lowest BCUT2D eigenvalue weighted by atomic mass is 10.1. The topological polar surface area (TPSA) is 37.0 Å². The van der Waals surface area contributed by atoms with Gasteiger partial charge < -0.3 is 10.6 Å². The Morgan fingerprint density at radius 3 is 2.80 bits per heavy atom. The average Bonchev–Trinajstić information content (AvgIpc) is 2.46. The summed E-state index contributed by atoms with van der Waals surface area (Å²) in [4.78, 5) is 4.25. The zero-order chi connectivity index (χ0) is 14.2. The molecule has 4 heteroatoms. The number of benzene rings is 1. The number of nitrogens with zero attached hydrogens (tertiary/aromatic N) is 1. The molecule has 2 rings (SSSR count). The van der Waals surface area contributed by atoms with E-state index in [4.69, 9.17) is 0 Å². The van der Waals surface area contributed by atoms with E-state index in [-0.39, 0.29) is 5.82 Å².